The number of quaternary nitrogens is 1. The molecule has 0 heterocycles. The van der Waals surface area contributed by atoms with Crippen molar-refractivity contribution in [2.24, 2.45) is 0 Å². The zero-order chi connectivity index (χ0) is 47.6. The average Bonchev–Trinajstić information content (AvgIpc) is 3.27. The van der Waals surface area contributed by atoms with Gasteiger partial charge in [-0.3, -0.25) is 13.8 Å². The maximum atomic E-state index is 12.8. The Balaban J connectivity index is 4.28. The minimum Gasteiger partial charge on any atom is -0.457 e. The van der Waals surface area contributed by atoms with Gasteiger partial charge >= 0.3 is 13.8 Å². The summed E-state index contributed by atoms with van der Waals surface area (Å²) in [6.45, 7) is 5.40. The van der Waals surface area contributed by atoms with E-state index in [1.54, 1.807) is 0 Å². The molecule has 0 aliphatic rings. The quantitative estimate of drug-likeness (QED) is 0.0214. The Kier molecular flexibility index (Phi) is 45.6. The minimum absolute atomic E-state index is 0.0740. The van der Waals surface area contributed by atoms with Crippen LogP contribution in [0.4, 0.5) is 0 Å². The van der Waals surface area contributed by atoms with Crippen molar-refractivity contribution in [1.29, 1.82) is 0 Å². The highest BCUT2D eigenvalue weighted by molar-refractivity contribution is 7.47. The standard InChI is InChI=1S/C56H96NO7P/c1-6-8-10-12-14-16-18-20-22-24-26-27-28-29-30-31-32-33-35-37-39-41-43-45-47-49-56(58)64-55(54-63-65(59,60)62-52-50-57(3,4)5)53-61-51-48-46-44-42-40-38-36-34-25-23-21-19-17-15-13-11-9-7-2/h8,10,14-17,20-23,26-27,29-30,32-33,37,39,55H,6-7,9,11-13,18-19,24-25,28,31,34-36,38,40-54H2,1-5H3/p+1/b10-8-,16-14-,17-15-,22-20-,23-21-,27-26-,30-29-,33-32-,39-37-. The van der Waals surface area contributed by atoms with Crippen molar-refractivity contribution in [3.05, 3.63) is 109 Å². The number of hydrogen-bond acceptors (Lipinski definition) is 6. The number of phosphoric ester groups is 1. The Labute approximate surface area is 400 Å². The normalized spacial score (nSPS) is 14.5. The molecule has 0 spiro atoms. The molecule has 0 amide bonds. The molecule has 0 radical (unpaired) electrons. The zero-order valence-electron chi connectivity index (χ0n) is 42.2. The van der Waals surface area contributed by atoms with Gasteiger partial charge in [-0.1, -0.05) is 181 Å². The van der Waals surface area contributed by atoms with Crippen LogP contribution >= 0.6 is 7.82 Å². The summed E-state index contributed by atoms with van der Waals surface area (Å²) in [7, 11) is 1.62. The Hall–Kier alpha value is -2.84. The van der Waals surface area contributed by atoms with E-state index in [2.05, 4.69) is 123 Å². The summed E-state index contributed by atoms with van der Waals surface area (Å²) in [5.74, 6) is -0.351. The number of esters is 1. The highest BCUT2D eigenvalue weighted by Crippen LogP contribution is 2.43. The van der Waals surface area contributed by atoms with E-state index in [1.165, 1.54) is 70.6 Å². The maximum absolute atomic E-state index is 12.8. The van der Waals surface area contributed by atoms with Gasteiger partial charge in [-0.25, -0.2) is 4.57 Å². The first-order valence-corrected chi connectivity index (χ1v) is 27.1. The van der Waals surface area contributed by atoms with E-state index in [-0.39, 0.29) is 32.2 Å². The minimum atomic E-state index is -4.30. The van der Waals surface area contributed by atoms with Gasteiger partial charge in [0.15, 0.2) is 0 Å². The van der Waals surface area contributed by atoms with Gasteiger partial charge in [0.05, 0.1) is 34.4 Å². The second-order valence-corrected chi connectivity index (χ2v) is 19.3. The number of rotatable bonds is 46. The number of phosphoric acid groups is 1. The summed E-state index contributed by atoms with van der Waals surface area (Å²) in [6.07, 6.45) is 67.0. The third kappa shape index (κ3) is 52.0. The molecule has 2 unspecified atom stereocenters. The van der Waals surface area contributed by atoms with Crippen molar-refractivity contribution in [3.63, 3.8) is 0 Å². The van der Waals surface area contributed by atoms with Crippen molar-refractivity contribution >= 4 is 13.8 Å². The molecule has 0 aliphatic heterocycles. The number of likely N-dealkylation sites (N-methyl/N-ethyl adjacent to an activating group) is 1. The molecule has 0 aromatic heterocycles. The number of carbonyl (C=O) groups excluding carboxylic acids is 1. The van der Waals surface area contributed by atoms with Crippen molar-refractivity contribution in [2.75, 3.05) is 54.1 Å². The van der Waals surface area contributed by atoms with Crippen LogP contribution < -0.4 is 0 Å². The molecule has 0 saturated carbocycles. The van der Waals surface area contributed by atoms with Crippen LogP contribution in [0.3, 0.4) is 0 Å². The van der Waals surface area contributed by atoms with Gasteiger partial charge in [0.2, 0.25) is 0 Å². The highest BCUT2D eigenvalue weighted by Gasteiger charge is 2.26. The molecule has 0 aliphatic carbocycles. The lowest BCUT2D eigenvalue weighted by Crippen LogP contribution is -2.37. The Morgan fingerprint density at radius 1 is 0.492 bits per heavy atom. The number of allylic oxidation sites excluding steroid dienone is 18. The molecule has 372 valence electrons. The zero-order valence-corrected chi connectivity index (χ0v) is 43.1. The Bertz CT molecular complexity index is 1400. The summed E-state index contributed by atoms with van der Waals surface area (Å²) in [4.78, 5) is 23.0. The predicted molar refractivity (Wildman–Crippen MR) is 279 cm³/mol. The van der Waals surface area contributed by atoms with E-state index < -0.39 is 13.9 Å². The molecular formula is C56H97NO7P+. The average molecular weight is 927 g/mol. The second kappa shape index (κ2) is 47.6. The first kappa shape index (κ1) is 62.2. The number of hydrogen-bond donors (Lipinski definition) is 1. The van der Waals surface area contributed by atoms with Gasteiger partial charge in [0, 0.05) is 13.0 Å². The molecule has 9 heteroatoms. The van der Waals surface area contributed by atoms with E-state index in [0.29, 0.717) is 17.6 Å². The largest absolute Gasteiger partial charge is 0.472 e. The van der Waals surface area contributed by atoms with E-state index >= 15 is 0 Å². The molecule has 65 heavy (non-hydrogen) atoms. The number of ether oxygens (including phenoxy) is 2. The summed E-state index contributed by atoms with van der Waals surface area (Å²) in [5.41, 5.74) is 0. The topological polar surface area (TPSA) is 91.3 Å². The predicted octanol–water partition coefficient (Wildman–Crippen LogP) is 15.9. The maximum Gasteiger partial charge on any atom is 0.472 e. The fraction of sp³-hybridized carbons (Fsp3) is 0.661. The fourth-order valence-electron chi connectivity index (χ4n) is 6.39. The molecule has 0 aromatic carbocycles. The van der Waals surface area contributed by atoms with Gasteiger partial charge in [0.25, 0.3) is 0 Å². The van der Waals surface area contributed by atoms with Crippen molar-refractivity contribution in [1.82, 2.24) is 0 Å². The monoisotopic (exact) mass is 927 g/mol. The fourth-order valence-corrected chi connectivity index (χ4v) is 7.13. The second-order valence-electron chi connectivity index (χ2n) is 17.8. The molecule has 0 rings (SSSR count). The lowest BCUT2D eigenvalue weighted by Gasteiger charge is -2.24. The molecule has 0 fully saturated rings. The molecule has 2 atom stereocenters. The van der Waals surface area contributed by atoms with Crippen LogP contribution in [0.1, 0.15) is 181 Å². The van der Waals surface area contributed by atoms with Crippen LogP contribution in [0.5, 0.6) is 0 Å². The third-order valence-corrected chi connectivity index (χ3v) is 11.3. The SMILES string of the molecule is CC/C=C\C/C=C\C/C=C\C/C=C\C/C=C\C/C=C\C/C=C\CCCCCC(=O)OC(COCCCCCCCCCC/C=C\C/C=C\CCCCC)COP(=O)(O)OCC[N+](C)(C)C. The van der Waals surface area contributed by atoms with Crippen LogP contribution in [-0.4, -0.2) is 75.6 Å². The lowest BCUT2D eigenvalue weighted by atomic mass is 10.1. The van der Waals surface area contributed by atoms with E-state index in [9.17, 15) is 14.3 Å². The van der Waals surface area contributed by atoms with Gasteiger partial charge in [-0.2, -0.15) is 0 Å². The first-order valence-electron chi connectivity index (χ1n) is 25.6. The van der Waals surface area contributed by atoms with Crippen LogP contribution in [0.2, 0.25) is 0 Å². The molecule has 0 aromatic rings. The van der Waals surface area contributed by atoms with Crippen molar-refractivity contribution in [3.8, 4) is 0 Å². The Morgan fingerprint density at radius 3 is 1.34 bits per heavy atom. The van der Waals surface area contributed by atoms with Gasteiger partial charge < -0.3 is 18.9 Å². The van der Waals surface area contributed by atoms with Gasteiger partial charge in [0.1, 0.15) is 19.3 Å². The first-order chi connectivity index (χ1) is 31.6. The number of carbonyl (C=O) groups is 1. The Morgan fingerprint density at radius 2 is 0.892 bits per heavy atom. The van der Waals surface area contributed by atoms with E-state index in [0.717, 1.165) is 89.9 Å². The molecule has 1 N–H and O–H groups in total. The van der Waals surface area contributed by atoms with Crippen LogP contribution in [0, 0.1) is 0 Å². The summed E-state index contributed by atoms with van der Waals surface area (Å²) in [5, 5.41) is 0. The smallest absolute Gasteiger partial charge is 0.457 e. The van der Waals surface area contributed by atoms with Gasteiger partial charge in [-0.05, 0) is 103 Å². The van der Waals surface area contributed by atoms with Crippen LogP contribution in [0.15, 0.2) is 109 Å². The van der Waals surface area contributed by atoms with Crippen LogP contribution in [-0.2, 0) is 27.9 Å². The van der Waals surface area contributed by atoms with Crippen LogP contribution in [0.25, 0.3) is 0 Å². The number of unbranched alkanes of at least 4 members (excludes halogenated alkanes) is 14. The summed E-state index contributed by atoms with van der Waals surface area (Å²) >= 11 is 0. The lowest BCUT2D eigenvalue weighted by molar-refractivity contribution is -0.870. The highest BCUT2D eigenvalue weighted by atomic mass is 31.2. The van der Waals surface area contributed by atoms with Crippen molar-refractivity contribution < 1.29 is 37.3 Å². The van der Waals surface area contributed by atoms with Crippen molar-refractivity contribution in [2.45, 2.75) is 187 Å². The van der Waals surface area contributed by atoms with E-state index in [1.807, 2.05) is 21.1 Å². The number of nitrogens with zero attached hydrogens (tertiary/aromatic N) is 1. The molecule has 8 nitrogen and oxygen atoms in total. The third-order valence-electron chi connectivity index (χ3n) is 10.3. The molecular weight excluding hydrogens is 830 g/mol. The summed E-state index contributed by atoms with van der Waals surface area (Å²) < 4.78 is 35.1. The molecule has 0 bridgehead atoms. The molecule has 0 saturated heterocycles. The van der Waals surface area contributed by atoms with Gasteiger partial charge in [-0.15, -0.1) is 0 Å². The van der Waals surface area contributed by atoms with E-state index in [4.69, 9.17) is 18.5 Å². The summed E-state index contributed by atoms with van der Waals surface area (Å²) in [6, 6.07) is 0.